The lowest BCUT2D eigenvalue weighted by atomic mass is 9.86. The molecule has 0 saturated heterocycles. The van der Waals surface area contributed by atoms with Crippen molar-refractivity contribution >= 4 is 5.82 Å². The van der Waals surface area contributed by atoms with E-state index in [1.807, 2.05) is 26.0 Å². The Kier molecular flexibility index (Phi) is 5.76. The van der Waals surface area contributed by atoms with E-state index < -0.39 is 5.82 Å². The lowest BCUT2D eigenvalue weighted by Gasteiger charge is -2.31. The smallest absolute Gasteiger partial charge is 0.316 e. The third-order valence-electron chi connectivity index (χ3n) is 5.32. The quantitative estimate of drug-likeness (QED) is 0.826. The fourth-order valence-electron chi connectivity index (χ4n) is 3.58. The molecular formula is C22H23FN4O3. The van der Waals surface area contributed by atoms with Gasteiger partial charge in [-0.15, -0.1) is 0 Å². The van der Waals surface area contributed by atoms with Gasteiger partial charge in [0.1, 0.15) is 11.9 Å². The van der Waals surface area contributed by atoms with Gasteiger partial charge in [-0.25, -0.2) is 19.3 Å². The SMILES string of the molecule is C/C1=C(\Cc2ccnc(N)c2F)COCOC2=C1C=CC(Oc1ncccn1)C2C. The predicted octanol–water partition coefficient (Wildman–Crippen LogP) is 3.36. The molecule has 2 N–H and O–H groups in total. The molecule has 7 nitrogen and oxygen atoms in total. The van der Waals surface area contributed by atoms with Gasteiger partial charge in [-0.05, 0) is 48.3 Å². The maximum atomic E-state index is 14.4. The molecule has 0 fully saturated rings. The second-order valence-electron chi connectivity index (χ2n) is 7.22. The summed E-state index contributed by atoms with van der Waals surface area (Å²) in [4.78, 5) is 12.0. The van der Waals surface area contributed by atoms with Crippen LogP contribution in [-0.2, 0) is 15.9 Å². The van der Waals surface area contributed by atoms with Crippen LogP contribution in [-0.4, -0.2) is 34.5 Å². The van der Waals surface area contributed by atoms with Crippen molar-refractivity contribution in [2.24, 2.45) is 5.92 Å². The minimum Gasteiger partial charge on any atom is -0.471 e. The van der Waals surface area contributed by atoms with Gasteiger partial charge in [0.2, 0.25) is 0 Å². The first kappa shape index (κ1) is 20.0. The molecule has 4 rings (SSSR count). The summed E-state index contributed by atoms with van der Waals surface area (Å²) >= 11 is 0. The molecule has 0 spiro atoms. The fourth-order valence-corrected chi connectivity index (χ4v) is 3.58. The normalized spacial score (nSPS) is 24.0. The van der Waals surface area contributed by atoms with E-state index in [9.17, 15) is 4.39 Å². The van der Waals surface area contributed by atoms with E-state index in [4.69, 9.17) is 19.9 Å². The Morgan fingerprint density at radius 1 is 1.23 bits per heavy atom. The van der Waals surface area contributed by atoms with E-state index in [0.29, 0.717) is 24.6 Å². The molecule has 0 aromatic carbocycles. The number of nitrogen functional groups attached to an aromatic ring is 1. The van der Waals surface area contributed by atoms with Crippen LogP contribution < -0.4 is 10.5 Å². The second-order valence-corrected chi connectivity index (χ2v) is 7.22. The molecular weight excluding hydrogens is 387 g/mol. The van der Waals surface area contributed by atoms with Gasteiger partial charge in [0.25, 0.3) is 0 Å². The molecule has 1 aliphatic carbocycles. The molecule has 0 radical (unpaired) electrons. The van der Waals surface area contributed by atoms with Gasteiger partial charge >= 0.3 is 6.01 Å². The van der Waals surface area contributed by atoms with E-state index in [2.05, 4.69) is 15.0 Å². The molecule has 2 aliphatic rings. The van der Waals surface area contributed by atoms with Crippen molar-refractivity contribution < 1.29 is 18.6 Å². The van der Waals surface area contributed by atoms with Crippen LogP contribution in [0.4, 0.5) is 10.2 Å². The molecule has 2 aromatic rings. The number of halogens is 1. The number of aromatic nitrogens is 3. The van der Waals surface area contributed by atoms with E-state index in [-0.39, 0.29) is 24.6 Å². The Morgan fingerprint density at radius 2 is 2.03 bits per heavy atom. The molecule has 2 unspecified atom stereocenters. The predicted molar refractivity (Wildman–Crippen MR) is 109 cm³/mol. The van der Waals surface area contributed by atoms with E-state index in [1.54, 1.807) is 24.5 Å². The summed E-state index contributed by atoms with van der Waals surface area (Å²) in [5.41, 5.74) is 9.00. The van der Waals surface area contributed by atoms with Crippen molar-refractivity contribution in [3.05, 3.63) is 76.7 Å². The Balaban J connectivity index is 1.63. The highest BCUT2D eigenvalue weighted by molar-refractivity contribution is 5.49. The molecule has 156 valence electrons. The minimum atomic E-state index is -0.491. The first-order valence-corrected chi connectivity index (χ1v) is 9.69. The zero-order valence-electron chi connectivity index (χ0n) is 16.8. The summed E-state index contributed by atoms with van der Waals surface area (Å²) in [7, 11) is 0. The van der Waals surface area contributed by atoms with Gasteiger partial charge in [0.05, 0.1) is 12.5 Å². The second kappa shape index (κ2) is 8.62. The molecule has 8 heteroatoms. The summed E-state index contributed by atoms with van der Waals surface area (Å²) in [5, 5.41) is 0. The molecule has 1 aliphatic heterocycles. The molecule has 3 heterocycles. The fraction of sp³-hybridized carbons (Fsp3) is 0.318. The Morgan fingerprint density at radius 3 is 2.83 bits per heavy atom. The number of pyridine rings is 1. The maximum Gasteiger partial charge on any atom is 0.316 e. The van der Waals surface area contributed by atoms with Crippen molar-refractivity contribution in [2.75, 3.05) is 19.1 Å². The number of rotatable bonds is 4. The van der Waals surface area contributed by atoms with Crippen LogP contribution in [0.1, 0.15) is 19.4 Å². The number of ether oxygens (including phenoxy) is 3. The van der Waals surface area contributed by atoms with Crippen molar-refractivity contribution in [2.45, 2.75) is 26.4 Å². The lowest BCUT2D eigenvalue weighted by Crippen LogP contribution is -2.30. The van der Waals surface area contributed by atoms with Gasteiger partial charge in [0, 0.05) is 24.2 Å². The van der Waals surface area contributed by atoms with Crippen LogP contribution in [0, 0.1) is 11.7 Å². The highest BCUT2D eigenvalue weighted by Crippen LogP contribution is 2.35. The Hall–Kier alpha value is -3.26. The summed E-state index contributed by atoms with van der Waals surface area (Å²) in [6.07, 6.45) is 8.82. The molecule has 0 saturated carbocycles. The number of nitrogens with zero attached hydrogens (tertiary/aromatic N) is 3. The summed E-state index contributed by atoms with van der Waals surface area (Å²) in [6.45, 7) is 4.45. The largest absolute Gasteiger partial charge is 0.471 e. The lowest BCUT2D eigenvalue weighted by molar-refractivity contribution is -0.0316. The number of hydrogen-bond acceptors (Lipinski definition) is 7. The van der Waals surface area contributed by atoms with Crippen molar-refractivity contribution in [3.63, 3.8) is 0 Å². The number of anilines is 1. The summed E-state index contributed by atoms with van der Waals surface area (Å²) in [6, 6.07) is 3.68. The van der Waals surface area contributed by atoms with Crippen LogP contribution in [0.25, 0.3) is 0 Å². The molecule has 2 aromatic heterocycles. The Labute approximate surface area is 174 Å². The minimum absolute atomic E-state index is 0.0833. The summed E-state index contributed by atoms with van der Waals surface area (Å²) in [5.74, 6) is 0.0899. The van der Waals surface area contributed by atoms with E-state index >= 15 is 0 Å². The van der Waals surface area contributed by atoms with Gasteiger partial charge < -0.3 is 19.9 Å². The average Bonchev–Trinajstić information content (AvgIpc) is 2.74. The number of allylic oxidation sites excluding steroid dienone is 3. The van der Waals surface area contributed by atoms with E-state index in [1.165, 1.54) is 6.20 Å². The van der Waals surface area contributed by atoms with Gasteiger partial charge in [-0.1, -0.05) is 13.0 Å². The van der Waals surface area contributed by atoms with Crippen LogP contribution >= 0.6 is 0 Å². The first-order valence-electron chi connectivity index (χ1n) is 9.69. The van der Waals surface area contributed by atoms with Gasteiger partial charge in [-0.3, -0.25) is 0 Å². The van der Waals surface area contributed by atoms with Crippen LogP contribution in [0.3, 0.4) is 0 Å². The van der Waals surface area contributed by atoms with Gasteiger partial charge in [-0.2, -0.15) is 0 Å². The van der Waals surface area contributed by atoms with Crippen molar-refractivity contribution in [1.82, 2.24) is 15.0 Å². The van der Waals surface area contributed by atoms with Crippen molar-refractivity contribution in [1.29, 1.82) is 0 Å². The third-order valence-corrected chi connectivity index (χ3v) is 5.32. The van der Waals surface area contributed by atoms with Crippen molar-refractivity contribution in [3.8, 4) is 6.01 Å². The third kappa shape index (κ3) is 4.04. The van der Waals surface area contributed by atoms with Gasteiger partial charge in [0.15, 0.2) is 18.4 Å². The zero-order chi connectivity index (χ0) is 21.1. The monoisotopic (exact) mass is 410 g/mol. The maximum absolute atomic E-state index is 14.4. The number of nitrogens with two attached hydrogens (primary N) is 1. The average molecular weight is 410 g/mol. The zero-order valence-corrected chi connectivity index (χ0v) is 16.8. The van der Waals surface area contributed by atoms with Crippen LogP contribution in [0.2, 0.25) is 0 Å². The Bertz CT molecular complexity index is 1020. The van der Waals surface area contributed by atoms with Crippen LogP contribution in [0.5, 0.6) is 6.01 Å². The molecule has 30 heavy (non-hydrogen) atoms. The molecule has 0 bridgehead atoms. The topological polar surface area (TPSA) is 92.4 Å². The number of hydrogen-bond donors (Lipinski definition) is 1. The highest BCUT2D eigenvalue weighted by atomic mass is 19.1. The van der Waals surface area contributed by atoms with E-state index in [0.717, 1.165) is 22.5 Å². The highest BCUT2D eigenvalue weighted by Gasteiger charge is 2.30. The standard InChI is InChI=1S/C22H23FN4O3/c1-13-16(10-15-6-9-25-21(24)19(15)23)11-28-12-29-20-14(2)18(5-4-17(13)20)30-22-26-7-3-8-27-22/h3-9,14,18H,10-12H2,1-2H3,(H2,24,25)/b16-13-. The molecule has 2 atom stereocenters. The summed E-state index contributed by atoms with van der Waals surface area (Å²) < 4.78 is 31.9. The first-order chi connectivity index (χ1) is 14.5. The van der Waals surface area contributed by atoms with Crippen LogP contribution in [0.15, 0.2) is 65.4 Å². The molecule has 0 amide bonds.